The highest BCUT2D eigenvalue weighted by atomic mass is 32.2. The maximum atomic E-state index is 13.5. The molecule has 0 radical (unpaired) electrons. The first-order valence-electron chi connectivity index (χ1n) is 12.2. The van der Waals surface area contributed by atoms with Crippen LogP contribution in [-0.4, -0.2) is 55.4 Å². The maximum absolute atomic E-state index is 13.5. The number of hydrogen-bond donors (Lipinski definition) is 0. The summed E-state index contributed by atoms with van der Waals surface area (Å²) in [5.74, 6) is 0.998. The van der Waals surface area contributed by atoms with Crippen molar-refractivity contribution < 1.29 is 22.2 Å². The van der Waals surface area contributed by atoms with E-state index in [0.29, 0.717) is 25.1 Å². The van der Waals surface area contributed by atoms with E-state index in [9.17, 15) is 13.2 Å². The summed E-state index contributed by atoms with van der Waals surface area (Å²) < 4.78 is 39.1. The summed E-state index contributed by atoms with van der Waals surface area (Å²) in [6.07, 6.45) is 7.67. The molecule has 2 aromatic heterocycles. The Balaban J connectivity index is 1.36. The predicted octanol–water partition coefficient (Wildman–Crippen LogP) is 4.55. The summed E-state index contributed by atoms with van der Waals surface area (Å²) in [4.78, 5) is 14.8. The van der Waals surface area contributed by atoms with Crippen LogP contribution in [0, 0.1) is 19.8 Å². The van der Waals surface area contributed by atoms with Gasteiger partial charge in [0.1, 0.15) is 11.5 Å². The van der Waals surface area contributed by atoms with Crippen LogP contribution in [0.4, 0.5) is 0 Å². The van der Waals surface area contributed by atoms with E-state index in [1.165, 1.54) is 4.31 Å². The van der Waals surface area contributed by atoms with E-state index in [4.69, 9.17) is 8.94 Å². The quantitative estimate of drug-likeness (QED) is 0.418. The molecular weight excluding hydrogens is 478 g/mol. The highest BCUT2D eigenvalue weighted by molar-refractivity contribution is 7.89. The molecule has 36 heavy (non-hydrogen) atoms. The largest absolute Gasteiger partial charge is 0.469 e. The number of benzene rings is 1. The zero-order chi connectivity index (χ0) is 25.7. The number of carbonyl (C=O) groups excluding carboxylic acids is 1. The normalized spacial score (nSPS) is 15.5. The van der Waals surface area contributed by atoms with Crippen LogP contribution in [0.2, 0.25) is 0 Å². The van der Waals surface area contributed by atoms with Crippen LogP contribution in [-0.2, 0) is 21.2 Å². The van der Waals surface area contributed by atoms with E-state index in [2.05, 4.69) is 5.16 Å². The number of piperidine rings is 1. The molecule has 0 bridgehead atoms. The summed E-state index contributed by atoms with van der Waals surface area (Å²) in [6, 6.07) is 11.7. The van der Waals surface area contributed by atoms with Gasteiger partial charge in [0.25, 0.3) is 0 Å². The molecule has 4 rings (SSSR count). The SMILES string of the molecule is Cc1ccc(/C=C/c2onc(C)c2S(=O)(=O)N2CCC(C(=O)N(C)CCCc3ccco3)CC2)cc1. The molecule has 0 unspecified atom stereocenters. The first-order valence-corrected chi connectivity index (χ1v) is 13.7. The molecule has 0 spiro atoms. The lowest BCUT2D eigenvalue weighted by Crippen LogP contribution is -2.43. The molecular formula is C27H33N3O5S. The van der Waals surface area contributed by atoms with Crippen molar-refractivity contribution in [2.24, 2.45) is 5.92 Å². The monoisotopic (exact) mass is 511 g/mol. The van der Waals surface area contributed by atoms with Gasteiger partial charge in [0.05, 0.1) is 6.26 Å². The minimum Gasteiger partial charge on any atom is -0.469 e. The first-order chi connectivity index (χ1) is 17.3. The molecule has 0 atom stereocenters. The lowest BCUT2D eigenvalue weighted by molar-refractivity contribution is -0.135. The Kier molecular flexibility index (Phi) is 8.11. The number of hydrogen-bond acceptors (Lipinski definition) is 6. The van der Waals surface area contributed by atoms with Gasteiger partial charge < -0.3 is 13.8 Å². The van der Waals surface area contributed by atoms with Gasteiger partial charge >= 0.3 is 0 Å². The number of carbonyl (C=O) groups is 1. The molecule has 1 aliphatic heterocycles. The molecule has 3 aromatic rings. The zero-order valence-electron chi connectivity index (χ0n) is 21.0. The third-order valence-corrected chi connectivity index (χ3v) is 8.67. The average Bonchev–Trinajstić information content (AvgIpc) is 3.53. The molecule has 1 saturated heterocycles. The Morgan fingerprint density at radius 2 is 1.86 bits per heavy atom. The van der Waals surface area contributed by atoms with Crippen molar-refractivity contribution in [2.75, 3.05) is 26.7 Å². The minimum absolute atomic E-state index is 0.0642. The first kappa shape index (κ1) is 25.9. The van der Waals surface area contributed by atoms with Gasteiger partial charge in [-0.15, -0.1) is 0 Å². The van der Waals surface area contributed by atoms with Gasteiger partial charge in [0.2, 0.25) is 15.9 Å². The van der Waals surface area contributed by atoms with Crippen LogP contribution in [0.3, 0.4) is 0 Å². The Hall–Kier alpha value is -3.17. The number of furan rings is 1. The number of amides is 1. The van der Waals surface area contributed by atoms with Crippen molar-refractivity contribution in [1.29, 1.82) is 0 Å². The maximum Gasteiger partial charge on any atom is 0.248 e. The molecule has 192 valence electrons. The Morgan fingerprint density at radius 3 is 2.53 bits per heavy atom. The standard InChI is InChI=1S/C27H33N3O5S/c1-20-8-10-22(11-9-20)12-13-25-26(21(2)28-35-25)36(32,33)30-17-14-23(15-18-30)27(31)29(3)16-4-6-24-7-5-19-34-24/h5,7-13,19,23H,4,6,14-18H2,1-3H3/b13-12+. The molecule has 0 aliphatic carbocycles. The summed E-state index contributed by atoms with van der Waals surface area (Å²) in [6.45, 7) is 4.84. The zero-order valence-corrected chi connectivity index (χ0v) is 21.8. The number of aromatic nitrogens is 1. The van der Waals surface area contributed by atoms with Crippen LogP contribution < -0.4 is 0 Å². The van der Waals surface area contributed by atoms with Crippen molar-refractivity contribution >= 4 is 28.1 Å². The van der Waals surface area contributed by atoms with Gasteiger partial charge in [-0.1, -0.05) is 41.1 Å². The molecule has 1 aliphatic rings. The third kappa shape index (κ3) is 5.96. The Morgan fingerprint density at radius 1 is 1.14 bits per heavy atom. The highest BCUT2D eigenvalue weighted by Crippen LogP contribution is 2.29. The second-order valence-corrected chi connectivity index (χ2v) is 11.2. The molecule has 9 heteroatoms. The van der Waals surface area contributed by atoms with E-state index in [-0.39, 0.29) is 35.6 Å². The van der Waals surface area contributed by atoms with Crippen LogP contribution in [0.1, 0.15) is 47.6 Å². The number of aryl methyl sites for hydroxylation is 3. The smallest absolute Gasteiger partial charge is 0.248 e. The van der Waals surface area contributed by atoms with Crippen molar-refractivity contribution in [1.82, 2.24) is 14.4 Å². The summed E-state index contributed by atoms with van der Waals surface area (Å²) in [7, 11) is -2.00. The lowest BCUT2D eigenvalue weighted by Gasteiger charge is -2.32. The minimum atomic E-state index is -3.81. The van der Waals surface area contributed by atoms with Crippen molar-refractivity contribution in [3.8, 4) is 0 Å². The fourth-order valence-electron chi connectivity index (χ4n) is 4.49. The Labute approximate surface area is 212 Å². The number of sulfonamides is 1. The summed E-state index contributed by atoms with van der Waals surface area (Å²) in [5.41, 5.74) is 2.41. The van der Waals surface area contributed by atoms with Gasteiger partial charge in [-0.05, 0) is 56.9 Å². The van der Waals surface area contributed by atoms with E-state index >= 15 is 0 Å². The van der Waals surface area contributed by atoms with Gasteiger partial charge in [-0.3, -0.25) is 4.79 Å². The van der Waals surface area contributed by atoms with E-state index in [1.54, 1.807) is 31.2 Å². The highest BCUT2D eigenvalue weighted by Gasteiger charge is 2.36. The van der Waals surface area contributed by atoms with Crippen LogP contribution in [0.25, 0.3) is 12.2 Å². The van der Waals surface area contributed by atoms with E-state index in [0.717, 1.165) is 29.7 Å². The molecule has 1 aromatic carbocycles. The fraction of sp³-hybridized carbons (Fsp3) is 0.407. The van der Waals surface area contributed by atoms with Crippen LogP contribution in [0.15, 0.2) is 56.5 Å². The van der Waals surface area contributed by atoms with Crippen LogP contribution in [0.5, 0.6) is 0 Å². The molecule has 8 nitrogen and oxygen atoms in total. The fourth-order valence-corrected chi connectivity index (χ4v) is 6.21. The second kappa shape index (κ2) is 11.3. The van der Waals surface area contributed by atoms with Crippen molar-refractivity contribution in [2.45, 2.75) is 44.4 Å². The summed E-state index contributed by atoms with van der Waals surface area (Å²) in [5, 5.41) is 3.92. The van der Waals surface area contributed by atoms with Crippen molar-refractivity contribution in [3.05, 3.63) is 71.0 Å². The number of nitrogens with zero attached hydrogens (tertiary/aromatic N) is 3. The van der Waals surface area contributed by atoms with Crippen LogP contribution >= 0.6 is 0 Å². The Bertz CT molecular complexity index is 1290. The molecule has 1 amide bonds. The van der Waals surface area contributed by atoms with Gasteiger partial charge in [0.15, 0.2) is 10.7 Å². The van der Waals surface area contributed by atoms with Gasteiger partial charge in [-0.2, -0.15) is 4.31 Å². The average molecular weight is 512 g/mol. The third-order valence-electron chi connectivity index (χ3n) is 6.61. The second-order valence-electron chi connectivity index (χ2n) is 9.33. The van der Waals surface area contributed by atoms with Gasteiger partial charge in [-0.25, -0.2) is 8.42 Å². The van der Waals surface area contributed by atoms with E-state index < -0.39 is 10.0 Å². The molecule has 3 heterocycles. The van der Waals surface area contributed by atoms with Crippen molar-refractivity contribution in [3.63, 3.8) is 0 Å². The predicted molar refractivity (Wildman–Crippen MR) is 137 cm³/mol. The molecule has 1 fully saturated rings. The molecule has 0 N–H and O–H groups in total. The molecule has 0 saturated carbocycles. The topological polar surface area (TPSA) is 96.9 Å². The lowest BCUT2D eigenvalue weighted by atomic mass is 9.96. The van der Waals surface area contributed by atoms with E-state index in [1.807, 2.05) is 49.4 Å². The number of rotatable bonds is 9. The van der Waals surface area contributed by atoms with Gasteiger partial charge in [0, 0.05) is 39.0 Å². The summed E-state index contributed by atoms with van der Waals surface area (Å²) >= 11 is 0.